The number of nitrogens with zero attached hydrogens (tertiary/aromatic N) is 3. The molecule has 0 spiro atoms. The maximum absolute atomic E-state index is 12.3. The van der Waals surface area contributed by atoms with Crippen LogP contribution in [-0.4, -0.2) is 39.2 Å². The first-order valence-electron chi connectivity index (χ1n) is 7.72. The molecule has 2 amide bonds. The van der Waals surface area contributed by atoms with Gasteiger partial charge in [0.25, 0.3) is 5.91 Å². The third kappa shape index (κ3) is 3.94. The van der Waals surface area contributed by atoms with Crippen LogP contribution in [0.1, 0.15) is 35.2 Å². The Hall–Kier alpha value is -2.70. The Bertz CT molecular complexity index is 666. The number of rotatable bonds is 4. The summed E-state index contributed by atoms with van der Waals surface area (Å²) < 4.78 is 1.71. The van der Waals surface area contributed by atoms with Gasteiger partial charge in [0.15, 0.2) is 0 Å². The van der Waals surface area contributed by atoms with Crippen molar-refractivity contribution in [2.75, 3.05) is 6.54 Å². The van der Waals surface area contributed by atoms with Crippen molar-refractivity contribution in [3.63, 3.8) is 0 Å². The summed E-state index contributed by atoms with van der Waals surface area (Å²) in [6.45, 7) is 1.29. The van der Waals surface area contributed by atoms with Crippen LogP contribution in [0.15, 0.2) is 36.9 Å². The van der Waals surface area contributed by atoms with E-state index in [1.54, 1.807) is 23.1 Å². The minimum atomic E-state index is -0.445. The predicted octanol–water partition coefficient (Wildman–Crippen LogP) is 0.725. The summed E-state index contributed by atoms with van der Waals surface area (Å²) in [6, 6.07) is 6.83. The van der Waals surface area contributed by atoms with Crippen LogP contribution in [0, 0.1) is 0 Å². The fourth-order valence-corrected chi connectivity index (χ4v) is 2.58. The van der Waals surface area contributed by atoms with Crippen LogP contribution in [0.25, 0.3) is 0 Å². The Balaban J connectivity index is 1.62. The summed E-state index contributed by atoms with van der Waals surface area (Å²) in [5.41, 5.74) is 1.57. The standard InChI is InChI=1S/C16H19N5O2/c22-15(20-14-3-1-2-8-18-16(14)23)13-6-4-12(5-7-13)9-21-11-17-10-19-21/h4-7,10-11,14H,1-3,8-9H2,(H,18,23)(H,20,22). The lowest BCUT2D eigenvalue weighted by atomic mass is 10.1. The van der Waals surface area contributed by atoms with Crippen molar-refractivity contribution in [3.8, 4) is 0 Å². The molecule has 2 N–H and O–H groups in total. The number of amides is 2. The Morgan fingerprint density at radius 3 is 2.87 bits per heavy atom. The van der Waals surface area contributed by atoms with Crippen molar-refractivity contribution in [3.05, 3.63) is 48.0 Å². The first-order chi connectivity index (χ1) is 11.2. The molecule has 2 heterocycles. The Morgan fingerprint density at radius 2 is 2.13 bits per heavy atom. The zero-order valence-electron chi connectivity index (χ0n) is 12.7. The molecule has 120 valence electrons. The summed E-state index contributed by atoms with van der Waals surface area (Å²) in [6.07, 6.45) is 5.70. The molecule has 7 heteroatoms. The SMILES string of the molecule is O=C(NC1CCCCNC1=O)c1ccc(Cn2cncn2)cc1. The fourth-order valence-electron chi connectivity index (χ4n) is 2.58. The number of benzene rings is 1. The quantitative estimate of drug-likeness (QED) is 0.870. The Kier molecular flexibility index (Phi) is 4.65. The third-order valence-electron chi connectivity index (χ3n) is 3.87. The molecule has 0 radical (unpaired) electrons. The van der Waals surface area contributed by atoms with Crippen molar-refractivity contribution in [2.45, 2.75) is 31.8 Å². The van der Waals surface area contributed by atoms with Gasteiger partial charge in [0, 0.05) is 12.1 Å². The largest absolute Gasteiger partial charge is 0.354 e. The van der Waals surface area contributed by atoms with Gasteiger partial charge in [0.2, 0.25) is 5.91 Å². The molecule has 1 fully saturated rings. The van der Waals surface area contributed by atoms with Gasteiger partial charge in [-0.15, -0.1) is 0 Å². The lowest BCUT2D eigenvalue weighted by Gasteiger charge is -2.15. The number of hydrogen-bond donors (Lipinski definition) is 2. The van der Waals surface area contributed by atoms with E-state index in [9.17, 15) is 9.59 Å². The first-order valence-corrected chi connectivity index (χ1v) is 7.72. The molecule has 0 aliphatic carbocycles. The van der Waals surface area contributed by atoms with Crippen molar-refractivity contribution >= 4 is 11.8 Å². The van der Waals surface area contributed by atoms with Crippen LogP contribution < -0.4 is 10.6 Å². The van der Waals surface area contributed by atoms with E-state index in [2.05, 4.69) is 20.7 Å². The maximum Gasteiger partial charge on any atom is 0.251 e. The van der Waals surface area contributed by atoms with E-state index in [0.717, 1.165) is 18.4 Å². The third-order valence-corrected chi connectivity index (χ3v) is 3.87. The van der Waals surface area contributed by atoms with Crippen LogP contribution in [0.4, 0.5) is 0 Å². The zero-order chi connectivity index (χ0) is 16.1. The van der Waals surface area contributed by atoms with Gasteiger partial charge in [-0.25, -0.2) is 9.67 Å². The average Bonchev–Trinajstić information content (AvgIpc) is 2.98. The van der Waals surface area contributed by atoms with Gasteiger partial charge in [-0.3, -0.25) is 9.59 Å². The van der Waals surface area contributed by atoms with Crippen LogP contribution >= 0.6 is 0 Å². The second kappa shape index (κ2) is 7.04. The van der Waals surface area contributed by atoms with E-state index in [-0.39, 0.29) is 11.8 Å². The molecule has 7 nitrogen and oxygen atoms in total. The molecule has 1 aliphatic rings. The first kappa shape index (κ1) is 15.2. The van der Waals surface area contributed by atoms with Gasteiger partial charge in [0.1, 0.15) is 18.7 Å². The molecule has 1 aliphatic heterocycles. The Morgan fingerprint density at radius 1 is 1.30 bits per heavy atom. The molecular formula is C16H19N5O2. The topological polar surface area (TPSA) is 88.9 Å². The molecule has 0 bridgehead atoms. The van der Waals surface area contributed by atoms with E-state index in [1.165, 1.54) is 6.33 Å². The summed E-state index contributed by atoms with van der Waals surface area (Å²) in [5.74, 6) is -0.321. The number of carbonyl (C=O) groups is 2. The van der Waals surface area contributed by atoms with E-state index in [0.29, 0.717) is 25.1 Å². The lowest BCUT2D eigenvalue weighted by molar-refractivity contribution is -0.122. The minimum Gasteiger partial charge on any atom is -0.354 e. The summed E-state index contributed by atoms with van der Waals surface area (Å²) >= 11 is 0. The zero-order valence-corrected chi connectivity index (χ0v) is 12.7. The van der Waals surface area contributed by atoms with Gasteiger partial charge >= 0.3 is 0 Å². The number of aromatic nitrogens is 3. The molecule has 3 rings (SSSR count). The number of nitrogens with one attached hydrogen (secondary N) is 2. The van der Waals surface area contributed by atoms with Gasteiger partial charge < -0.3 is 10.6 Å². The van der Waals surface area contributed by atoms with Crippen molar-refractivity contribution in [1.29, 1.82) is 0 Å². The highest BCUT2D eigenvalue weighted by molar-refractivity contribution is 5.97. The minimum absolute atomic E-state index is 0.0985. The fraction of sp³-hybridized carbons (Fsp3) is 0.375. The second-order valence-corrected chi connectivity index (χ2v) is 5.60. The highest BCUT2D eigenvalue weighted by Crippen LogP contribution is 2.09. The highest BCUT2D eigenvalue weighted by Gasteiger charge is 2.22. The molecule has 1 saturated heterocycles. The van der Waals surface area contributed by atoms with Gasteiger partial charge in [-0.05, 0) is 37.0 Å². The summed E-state index contributed by atoms with van der Waals surface area (Å²) in [5, 5.41) is 9.67. The van der Waals surface area contributed by atoms with Gasteiger partial charge in [0.05, 0.1) is 6.54 Å². The Labute approximate surface area is 134 Å². The van der Waals surface area contributed by atoms with E-state index >= 15 is 0 Å². The van der Waals surface area contributed by atoms with Crippen LogP contribution in [0.3, 0.4) is 0 Å². The molecule has 2 aromatic rings. The summed E-state index contributed by atoms with van der Waals surface area (Å²) in [4.78, 5) is 28.0. The number of carbonyl (C=O) groups excluding carboxylic acids is 2. The van der Waals surface area contributed by atoms with Crippen molar-refractivity contribution in [1.82, 2.24) is 25.4 Å². The van der Waals surface area contributed by atoms with Crippen LogP contribution in [-0.2, 0) is 11.3 Å². The van der Waals surface area contributed by atoms with Crippen molar-refractivity contribution in [2.24, 2.45) is 0 Å². The van der Waals surface area contributed by atoms with Crippen LogP contribution in [0.5, 0.6) is 0 Å². The molecule has 1 unspecified atom stereocenters. The van der Waals surface area contributed by atoms with Crippen LogP contribution in [0.2, 0.25) is 0 Å². The average molecular weight is 313 g/mol. The van der Waals surface area contributed by atoms with Gasteiger partial charge in [-0.1, -0.05) is 12.1 Å². The van der Waals surface area contributed by atoms with E-state index in [1.807, 2.05) is 12.1 Å². The predicted molar refractivity (Wildman–Crippen MR) is 83.7 cm³/mol. The number of hydrogen-bond acceptors (Lipinski definition) is 4. The van der Waals surface area contributed by atoms with E-state index < -0.39 is 6.04 Å². The molecule has 1 aromatic heterocycles. The second-order valence-electron chi connectivity index (χ2n) is 5.60. The highest BCUT2D eigenvalue weighted by atomic mass is 16.2. The summed E-state index contributed by atoms with van der Waals surface area (Å²) in [7, 11) is 0. The molecule has 1 atom stereocenters. The van der Waals surface area contributed by atoms with E-state index in [4.69, 9.17) is 0 Å². The monoisotopic (exact) mass is 313 g/mol. The molecular weight excluding hydrogens is 294 g/mol. The van der Waals surface area contributed by atoms with Gasteiger partial charge in [-0.2, -0.15) is 5.10 Å². The lowest BCUT2D eigenvalue weighted by Crippen LogP contribution is -2.45. The molecule has 1 aromatic carbocycles. The molecule has 23 heavy (non-hydrogen) atoms. The molecule has 0 saturated carbocycles. The maximum atomic E-state index is 12.3. The smallest absolute Gasteiger partial charge is 0.251 e. The van der Waals surface area contributed by atoms with Crippen molar-refractivity contribution < 1.29 is 9.59 Å². The normalized spacial score (nSPS) is 18.1.